The van der Waals surface area contributed by atoms with Crippen molar-refractivity contribution in [1.82, 2.24) is 24.5 Å². The maximum absolute atomic E-state index is 13.2. The van der Waals surface area contributed by atoms with Crippen LogP contribution in [-0.4, -0.2) is 75.1 Å². The first-order valence-electron chi connectivity index (χ1n) is 12.1. The lowest BCUT2D eigenvalue weighted by Crippen LogP contribution is -2.48. The SMILES string of the molecule is O=C(c1cc2n(n1)CCCN(Cc1ccccc1)C2=O)N1CCC(N2CCCCC2)CC1. The zero-order chi connectivity index (χ0) is 21.9. The van der Waals surface area contributed by atoms with Crippen LogP contribution >= 0.6 is 0 Å². The average molecular weight is 436 g/mol. The number of amides is 2. The molecule has 7 nitrogen and oxygen atoms in total. The number of benzene rings is 1. The van der Waals surface area contributed by atoms with E-state index in [1.54, 1.807) is 10.7 Å². The minimum atomic E-state index is -0.0401. The van der Waals surface area contributed by atoms with Crippen LogP contribution in [0.5, 0.6) is 0 Å². The molecular formula is C25H33N5O2. The third-order valence-electron chi connectivity index (χ3n) is 7.18. The average Bonchev–Trinajstić information content (AvgIpc) is 3.22. The number of piperidine rings is 2. The van der Waals surface area contributed by atoms with Gasteiger partial charge >= 0.3 is 0 Å². The van der Waals surface area contributed by atoms with Gasteiger partial charge in [-0.15, -0.1) is 0 Å². The summed E-state index contributed by atoms with van der Waals surface area (Å²) >= 11 is 0. The third-order valence-corrected chi connectivity index (χ3v) is 7.18. The van der Waals surface area contributed by atoms with E-state index in [0.29, 0.717) is 37.1 Å². The molecule has 2 saturated heterocycles. The van der Waals surface area contributed by atoms with E-state index in [0.717, 1.165) is 37.9 Å². The van der Waals surface area contributed by atoms with Crippen molar-refractivity contribution in [3.05, 3.63) is 53.3 Å². The molecule has 3 aliphatic rings. The van der Waals surface area contributed by atoms with Crippen molar-refractivity contribution in [2.45, 2.75) is 57.7 Å². The van der Waals surface area contributed by atoms with Crippen LogP contribution in [0, 0.1) is 0 Å². The second-order valence-corrected chi connectivity index (χ2v) is 9.32. The Morgan fingerprint density at radius 3 is 2.41 bits per heavy atom. The van der Waals surface area contributed by atoms with Crippen molar-refractivity contribution in [3.8, 4) is 0 Å². The van der Waals surface area contributed by atoms with E-state index in [1.807, 2.05) is 40.1 Å². The van der Waals surface area contributed by atoms with E-state index >= 15 is 0 Å². The summed E-state index contributed by atoms with van der Waals surface area (Å²) in [6.07, 6.45) is 6.85. The van der Waals surface area contributed by atoms with Gasteiger partial charge in [-0.3, -0.25) is 14.3 Å². The maximum Gasteiger partial charge on any atom is 0.274 e. The topological polar surface area (TPSA) is 61.7 Å². The number of rotatable bonds is 4. The molecule has 0 aliphatic carbocycles. The second kappa shape index (κ2) is 9.45. The van der Waals surface area contributed by atoms with Gasteiger partial charge in [-0.25, -0.2) is 0 Å². The Morgan fingerprint density at radius 1 is 0.906 bits per heavy atom. The van der Waals surface area contributed by atoms with Crippen molar-refractivity contribution in [2.75, 3.05) is 32.7 Å². The number of aromatic nitrogens is 2. The molecule has 3 aliphatic heterocycles. The van der Waals surface area contributed by atoms with Gasteiger partial charge in [0, 0.05) is 44.8 Å². The first-order chi connectivity index (χ1) is 15.7. The van der Waals surface area contributed by atoms with Crippen LogP contribution in [0.1, 0.15) is 65.1 Å². The molecule has 1 aromatic carbocycles. The highest BCUT2D eigenvalue weighted by atomic mass is 16.2. The number of likely N-dealkylation sites (tertiary alicyclic amines) is 2. The summed E-state index contributed by atoms with van der Waals surface area (Å²) in [7, 11) is 0. The fourth-order valence-corrected chi connectivity index (χ4v) is 5.37. The molecule has 0 N–H and O–H groups in total. The Kier molecular flexibility index (Phi) is 6.26. The van der Waals surface area contributed by atoms with E-state index < -0.39 is 0 Å². The molecule has 0 bridgehead atoms. The number of hydrogen-bond acceptors (Lipinski definition) is 4. The van der Waals surface area contributed by atoms with Crippen LogP contribution < -0.4 is 0 Å². The second-order valence-electron chi connectivity index (χ2n) is 9.32. The molecule has 0 radical (unpaired) electrons. The standard InChI is InChI=1S/C25H33N5O2/c31-24(28-16-10-21(11-17-28)27-12-5-2-6-13-27)22-18-23-25(32)29(14-7-15-30(23)26-22)19-20-8-3-1-4-9-20/h1,3-4,8-9,18,21H,2,5-7,10-17,19H2. The number of carbonyl (C=O) groups excluding carboxylic acids is 2. The lowest BCUT2D eigenvalue weighted by Gasteiger charge is -2.40. The smallest absolute Gasteiger partial charge is 0.274 e. The van der Waals surface area contributed by atoms with E-state index in [9.17, 15) is 9.59 Å². The van der Waals surface area contributed by atoms with Crippen LogP contribution in [0.3, 0.4) is 0 Å². The Balaban J connectivity index is 1.24. The van der Waals surface area contributed by atoms with E-state index in [4.69, 9.17) is 0 Å². The van der Waals surface area contributed by atoms with Gasteiger partial charge in [0.1, 0.15) is 5.69 Å². The Bertz CT molecular complexity index is 942. The van der Waals surface area contributed by atoms with Crippen molar-refractivity contribution < 1.29 is 9.59 Å². The molecule has 2 amide bonds. The van der Waals surface area contributed by atoms with Crippen molar-refractivity contribution >= 4 is 11.8 Å². The van der Waals surface area contributed by atoms with E-state index in [-0.39, 0.29) is 11.8 Å². The molecule has 32 heavy (non-hydrogen) atoms. The summed E-state index contributed by atoms with van der Waals surface area (Å²) in [5, 5.41) is 4.55. The van der Waals surface area contributed by atoms with Crippen LogP contribution in [0.25, 0.3) is 0 Å². The molecule has 4 heterocycles. The van der Waals surface area contributed by atoms with Crippen LogP contribution in [0.2, 0.25) is 0 Å². The summed E-state index contributed by atoms with van der Waals surface area (Å²) in [5.74, 6) is -0.0770. The fourth-order valence-electron chi connectivity index (χ4n) is 5.37. The highest BCUT2D eigenvalue weighted by molar-refractivity contribution is 5.98. The van der Waals surface area contributed by atoms with Gasteiger partial charge in [-0.2, -0.15) is 5.10 Å². The van der Waals surface area contributed by atoms with Gasteiger partial charge in [0.15, 0.2) is 5.69 Å². The highest BCUT2D eigenvalue weighted by Gasteiger charge is 2.31. The predicted octanol–water partition coefficient (Wildman–Crippen LogP) is 3.02. The normalized spacial score (nSPS) is 20.8. The summed E-state index contributed by atoms with van der Waals surface area (Å²) < 4.78 is 1.74. The molecule has 0 atom stereocenters. The summed E-state index contributed by atoms with van der Waals surface area (Å²) in [4.78, 5) is 32.8. The van der Waals surface area contributed by atoms with Gasteiger partial charge in [-0.05, 0) is 50.8 Å². The molecule has 7 heteroatoms. The predicted molar refractivity (Wildman–Crippen MR) is 122 cm³/mol. The fraction of sp³-hybridized carbons (Fsp3) is 0.560. The summed E-state index contributed by atoms with van der Waals surface area (Å²) in [6, 6.07) is 12.4. The van der Waals surface area contributed by atoms with Crippen molar-refractivity contribution in [3.63, 3.8) is 0 Å². The molecule has 0 saturated carbocycles. The number of hydrogen-bond donors (Lipinski definition) is 0. The quantitative estimate of drug-likeness (QED) is 0.741. The molecule has 170 valence electrons. The minimum Gasteiger partial charge on any atom is -0.337 e. The van der Waals surface area contributed by atoms with Crippen LogP contribution in [0.4, 0.5) is 0 Å². The van der Waals surface area contributed by atoms with Crippen LogP contribution in [0.15, 0.2) is 36.4 Å². The van der Waals surface area contributed by atoms with E-state index in [1.165, 1.54) is 32.4 Å². The number of nitrogens with zero attached hydrogens (tertiary/aromatic N) is 5. The molecule has 2 aromatic rings. The van der Waals surface area contributed by atoms with Gasteiger partial charge in [-0.1, -0.05) is 36.8 Å². The zero-order valence-corrected chi connectivity index (χ0v) is 18.8. The maximum atomic E-state index is 13.2. The lowest BCUT2D eigenvalue weighted by molar-refractivity contribution is 0.0584. The third kappa shape index (κ3) is 4.44. The Morgan fingerprint density at radius 2 is 1.66 bits per heavy atom. The molecule has 2 fully saturated rings. The Hall–Kier alpha value is -2.67. The lowest BCUT2D eigenvalue weighted by atomic mass is 9.99. The summed E-state index contributed by atoms with van der Waals surface area (Å²) in [6.45, 7) is 5.90. The minimum absolute atomic E-state index is 0.0370. The largest absolute Gasteiger partial charge is 0.337 e. The Labute approximate surface area is 190 Å². The number of carbonyl (C=O) groups is 2. The monoisotopic (exact) mass is 435 g/mol. The first-order valence-corrected chi connectivity index (χ1v) is 12.1. The van der Waals surface area contributed by atoms with Gasteiger partial charge in [0.25, 0.3) is 11.8 Å². The molecule has 0 spiro atoms. The highest BCUT2D eigenvalue weighted by Crippen LogP contribution is 2.23. The number of fused-ring (bicyclic) bond motifs is 1. The molecule has 1 aromatic heterocycles. The number of aryl methyl sites for hydroxylation is 1. The molecule has 5 rings (SSSR count). The summed E-state index contributed by atoms with van der Waals surface area (Å²) in [5.41, 5.74) is 2.05. The van der Waals surface area contributed by atoms with Gasteiger partial charge in [0.05, 0.1) is 0 Å². The van der Waals surface area contributed by atoms with Gasteiger partial charge < -0.3 is 14.7 Å². The van der Waals surface area contributed by atoms with Gasteiger partial charge in [0.2, 0.25) is 0 Å². The van der Waals surface area contributed by atoms with Crippen LogP contribution in [-0.2, 0) is 13.1 Å². The first kappa shape index (κ1) is 21.2. The van der Waals surface area contributed by atoms with Crippen molar-refractivity contribution in [2.24, 2.45) is 0 Å². The van der Waals surface area contributed by atoms with Crippen molar-refractivity contribution in [1.29, 1.82) is 0 Å². The molecule has 0 unspecified atom stereocenters. The van der Waals surface area contributed by atoms with E-state index in [2.05, 4.69) is 10.00 Å². The molecular weight excluding hydrogens is 402 g/mol. The zero-order valence-electron chi connectivity index (χ0n) is 18.8.